The maximum atomic E-state index is 13.3. The normalized spacial score (nSPS) is 11.3. The van der Waals surface area contributed by atoms with Crippen LogP contribution < -0.4 is 14.8 Å². The Morgan fingerprint density at radius 1 is 0.694 bits per heavy atom. The molecule has 0 amide bonds. The predicted octanol–water partition coefficient (Wildman–Crippen LogP) is 6.58. The van der Waals surface area contributed by atoms with Gasteiger partial charge in [0.25, 0.3) is 10.0 Å². The molecule has 2 N–H and O–H groups in total. The SMILES string of the molecule is Cc1ccc(C)c(S(=O)(=O)Nc2nc3ccccc3nc2Nc2ccc(Oc3ccccc3)cc2)c1. The van der Waals surface area contributed by atoms with Gasteiger partial charge in [-0.3, -0.25) is 4.72 Å². The van der Waals surface area contributed by atoms with Crippen molar-refractivity contribution in [1.82, 2.24) is 9.97 Å². The van der Waals surface area contributed by atoms with Gasteiger partial charge < -0.3 is 10.1 Å². The molecule has 0 unspecified atom stereocenters. The zero-order valence-corrected chi connectivity index (χ0v) is 20.6. The summed E-state index contributed by atoms with van der Waals surface area (Å²) in [6, 6.07) is 29.4. The number of ether oxygens (including phenoxy) is 1. The molecule has 5 aromatic rings. The van der Waals surface area contributed by atoms with E-state index in [-0.39, 0.29) is 10.7 Å². The Bertz CT molecular complexity index is 1640. The van der Waals surface area contributed by atoms with Gasteiger partial charge >= 0.3 is 0 Å². The molecule has 0 saturated heterocycles. The summed E-state index contributed by atoms with van der Waals surface area (Å²) in [4.78, 5) is 9.41. The van der Waals surface area contributed by atoms with Crippen LogP contribution >= 0.6 is 0 Å². The molecule has 0 aliphatic carbocycles. The van der Waals surface area contributed by atoms with Gasteiger partial charge in [0, 0.05) is 5.69 Å². The third kappa shape index (κ3) is 5.13. The van der Waals surface area contributed by atoms with Crippen LogP contribution in [-0.4, -0.2) is 18.4 Å². The fraction of sp³-hybridized carbons (Fsp3) is 0.0714. The maximum absolute atomic E-state index is 13.3. The van der Waals surface area contributed by atoms with E-state index in [1.165, 1.54) is 0 Å². The number of aromatic nitrogens is 2. The number of nitrogens with zero attached hydrogens (tertiary/aromatic N) is 2. The van der Waals surface area contributed by atoms with Crippen molar-refractivity contribution in [2.45, 2.75) is 18.7 Å². The van der Waals surface area contributed by atoms with Gasteiger partial charge in [-0.15, -0.1) is 0 Å². The highest BCUT2D eigenvalue weighted by Crippen LogP contribution is 2.29. The number of fused-ring (bicyclic) bond motifs is 1. The van der Waals surface area contributed by atoms with Crippen LogP contribution in [0.4, 0.5) is 17.3 Å². The van der Waals surface area contributed by atoms with Gasteiger partial charge in [0.05, 0.1) is 15.9 Å². The molecule has 0 fully saturated rings. The molecular weight excluding hydrogens is 472 g/mol. The fourth-order valence-electron chi connectivity index (χ4n) is 3.71. The summed E-state index contributed by atoms with van der Waals surface area (Å²) in [6.45, 7) is 3.62. The summed E-state index contributed by atoms with van der Waals surface area (Å²) in [5, 5.41) is 3.20. The van der Waals surface area contributed by atoms with Gasteiger partial charge in [-0.1, -0.05) is 42.5 Å². The molecule has 7 nitrogen and oxygen atoms in total. The van der Waals surface area contributed by atoms with Gasteiger partial charge in [0.1, 0.15) is 11.5 Å². The number of sulfonamides is 1. The first-order valence-electron chi connectivity index (χ1n) is 11.3. The molecule has 0 radical (unpaired) electrons. The Morgan fingerprint density at radius 3 is 2.00 bits per heavy atom. The third-order valence-electron chi connectivity index (χ3n) is 5.53. The lowest BCUT2D eigenvalue weighted by molar-refractivity contribution is 0.483. The highest BCUT2D eigenvalue weighted by Gasteiger charge is 2.21. The van der Waals surface area contributed by atoms with Crippen LogP contribution in [0.2, 0.25) is 0 Å². The third-order valence-corrected chi connectivity index (χ3v) is 7.01. The van der Waals surface area contributed by atoms with Gasteiger partial charge in [-0.2, -0.15) is 0 Å². The number of benzene rings is 4. The van der Waals surface area contributed by atoms with Crippen molar-refractivity contribution in [1.29, 1.82) is 0 Å². The van der Waals surface area contributed by atoms with Gasteiger partial charge in [-0.25, -0.2) is 18.4 Å². The summed E-state index contributed by atoms with van der Waals surface area (Å²) in [5.74, 6) is 1.81. The fourth-order valence-corrected chi connectivity index (χ4v) is 5.04. The van der Waals surface area contributed by atoms with Crippen LogP contribution in [0.25, 0.3) is 11.0 Å². The van der Waals surface area contributed by atoms with E-state index in [1.807, 2.05) is 85.8 Å². The number of aryl methyl sites for hydroxylation is 2. The van der Waals surface area contributed by atoms with E-state index >= 15 is 0 Å². The van der Waals surface area contributed by atoms with Crippen molar-refractivity contribution >= 4 is 38.4 Å². The second-order valence-corrected chi connectivity index (χ2v) is 10.00. The van der Waals surface area contributed by atoms with E-state index in [2.05, 4.69) is 20.0 Å². The molecular formula is C28H24N4O3S. The Labute approximate surface area is 209 Å². The molecule has 0 saturated carbocycles. The molecule has 0 bridgehead atoms. The first-order chi connectivity index (χ1) is 17.4. The van der Waals surface area contributed by atoms with E-state index < -0.39 is 10.0 Å². The van der Waals surface area contributed by atoms with Crippen LogP contribution in [0.3, 0.4) is 0 Å². The van der Waals surface area contributed by atoms with Crippen molar-refractivity contribution in [3.05, 3.63) is 108 Å². The average molecular weight is 497 g/mol. The number of hydrogen-bond acceptors (Lipinski definition) is 6. The largest absolute Gasteiger partial charge is 0.457 e. The minimum atomic E-state index is -3.90. The van der Waals surface area contributed by atoms with E-state index in [4.69, 9.17) is 4.74 Å². The lowest BCUT2D eigenvalue weighted by Gasteiger charge is -2.15. The standard InChI is InChI=1S/C28H24N4O3S/c1-19-12-13-20(2)26(18-19)36(33,34)32-28-27(30-24-10-6-7-11-25(24)31-28)29-21-14-16-23(17-15-21)35-22-8-4-3-5-9-22/h3-18H,1-2H3,(H,29,30)(H,31,32). The molecule has 0 aliphatic heterocycles. The Morgan fingerprint density at radius 2 is 1.31 bits per heavy atom. The zero-order valence-electron chi connectivity index (χ0n) is 19.8. The molecule has 8 heteroatoms. The summed E-state index contributed by atoms with van der Waals surface area (Å²) < 4.78 is 35.1. The maximum Gasteiger partial charge on any atom is 0.263 e. The second kappa shape index (κ2) is 9.67. The molecule has 0 aliphatic rings. The van der Waals surface area contributed by atoms with Crippen molar-refractivity contribution in [2.75, 3.05) is 10.0 Å². The highest BCUT2D eigenvalue weighted by atomic mass is 32.2. The van der Waals surface area contributed by atoms with Crippen LogP contribution in [-0.2, 0) is 10.0 Å². The molecule has 1 heterocycles. The minimum Gasteiger partial charge on any atom is -0.457 e. The predicted molar refractivity (Wildman–Crippen MR) is 143 cm³/mol. The van der Waals surface area contributed by atoms with Crippen LogP contribution in [0.5, 0.6) is 11.5 Å². The smallest absolute Gasteiger partial charge is 0.263 e. The lowest BCUT2D eigenvalue weighted by Crippen LogP contribution is -2.17. The first kappa shape index (κ1) is 23.3. The zero-order chi connectivity index (χ0) is 25.1. The number of hydrogen-bond donors (Lipinski definition) is 2. The Hall–Kier alpha value is -4.43. The molecule has 0 spiro atoms. The van der Waals surface area contributed by atoms with E-state index in [1.54, 1.807) is 25.1 Å². The van der Waals surface area contributed by atoms with Gasteiger partial charge in [-0.05, 0) is 79.6 Å². The van der Waals surface area contributed by atoms with Gasteiger partial charge in [0.15, 0.2) is 11.6 Å². The molecule has 0 atom stereocenters. The molecule has 4 aromatic carbocycles. The van der Waals surface area contributed by atoms with Crippen LogP contribution in [0, 0.1) is 13.8 Å². The minimum absolute atomic E-state index is 0.110. The van der Waals surface area contributed by atoms with Crippen molar-refractivity contribution in [2.24, 2.45) is 0 Å². The van der Waals surface area contributed by atoms with E-state index in [0.29, 0.717) is 33.9 Å². The number of anilines is 3. The quantitative estimate of drug-likeness (QED) is 0.264. The average Bonchev–Trinajstić information content (AvgIpc) is 2.87. The van der Waals surface area contributed by atoms with Crippen LogP contribution in [0.15, 0.2) is 102 Å². The van der Waals surface area contributed by atoms with Gasteiger partial charge in [0.2, 0.25) is 0 Å². The Kier molecular flexibility index (Phi) is 6.26. The van der Waals surface area contributed by atoms with Crippen molar-refractivity contribution in [3.63, 3.8) is 0 Å². The number of nitrogens with one attached hydrogen (secondary N) is 2. The monoisotopic (exact) mass is 496 g/mol. The van der Waals surface area contributed by atoms with E-state index in [9.17, 15) is 8.42 Å². The number of rotatable bonds is 7. The lowest BCUT2D eigenvalue weighted by atomic mass is 10.2. The molecule has 1 aromatic heterocycles. The molecule has 5 rings (SSSR count). The topological polar surface area (TPSA) is 93.2 Å². The highest BCUT2D eigenvalue weighted by molar-refractivity contribution is 7.92. The van der Waals surface area contributed by atoms with Crippen molar-refractivity contribution < 1.29 is 13.2 Å². The first-order valence-corrected chi connectivity index (χ1v) is 12.8. The van der Waals surface area contributed by atoms with Crippen LogP contribution in [0.1, 0.15) is 11.1 Å². The summed E-state index contributed by atoms with van der Waals surface area (Å²) in [6.07, 6.45) is 0. The van der Waals surface area contributed by atoms with E-state index in [0.717, 1.165) is 11.3 Å². The number of para-hydroxylation sites is 3. The Balaban J connectivity index is 1.47. The second-order valence-electron chi connectivity index (χ2n) is 8.35. The summed E-state index contributed by atoms with van der Waals surface area (Å²) >= 11 is 0. The summed E-state index contributed by atoms with van der Waals surface area (Å²) in [7, 11) is -3.90. The van der Waals surface area contributed by atoms with Crippen molar-refractivity contribution in [3.8, 4) is 11.5 Å². The summed E-state index contributed by atoms with van der Waals surface area (Å²) in [5.41, 5.74) is 3.41. The molecule has 36 heavy (non-hydrogen) atoms. The molecule has 180 valence electrons.